The van der Waals surface area contributed by atoms with Gasteiger partial charge in [0.05, 0.1) is 17.5 Å². The summed E-state index contributed by atoms with van der Waals surface area (Å²) < 4.78 is 41.6. The third-order valence-corrected chi connectivity index (χ3v) is 4.61. The number of hydrogen-bond acceptors (Lipinski definition) is 3. The second-order valence-corrected chi connectivity index (χ2v) is 6.64. The Morgan fingerprint density at radius 3 is 2.21 bits per heavy atom. The first kappa shape index (κ1) is 18.2. The van der Waals surface area contributed by atoms with E-state index < -0.39 is 18.0 Å². The predicted octanol–water partition coefficient (Wildman–Crippen LogP) is 4.47. The third kappa shape index (κ3) is 3.27. The van der Waals surface area contributed by atoms with Crippen LogP contribution in [0.4, 0.5) is 13.2 Å². The van der Waals surface area contributed by atoms with Crippen molar-refractivity contribution in [2.45, 2.75) is 19.2 Å². The molecule has 8 heteroatoms. The van der Waals surface area contributed by atoms with E-state index in [-0.39, 0.29) is 5.69 Å². The normalized spacial score (nSPS) is 13.2. The number of alkyl halides is 3. The van der Waals surface area contributed by atoms with Crippen LogP contribution in [0.3, 0.4) is 0 Å². The zero-order valence-electron chi connectivity index (χ0n) is 15.1. The maximum Gasteiger partial charge on any atom is 0.433 e. The number of aliphatic hydroxyl groups excluding tert-OH is 1. The monoisotopic (exact) mass is 386 g/mol. The summed E-state index contributed by atoms with van der Waals surface area (Å²) in [6.07, 6.45) is -1.33. The van der Waals surface area contributed by atoms with Gasteiger partial charge in [0.2, 0.25) is 0 Å². The molecule has 0 aliphatic carbocycles. The summed E-state index contributed by atoms with van der Waals surface area (Å²) in [4.78, 5) is 4.56. The Balaban J connectivity index is 1.66. The van der Waals surface area contributed by atoms with Gasteiger partial charge in [0.25, 0.3) is 0 Å². The van der Waals surface area contributed by atoms with Crippen molar-refractivity contribution in [1.82, 2.24) is 19.2 Å². The summed E-state index contributed by atoms with van der Waals surface area (Å²) in [5.41, 5.74) is 3.10. The Morgan fingerprint density at radius 1 is 1.00 bits per heavy atom. The smallest absolute Gasteiger partial charge is 0.389 e. The number of pyridine rings is 1. The molecule has 1 atom stereocenters. The average Bonchev–Trinajstić information content (AvgIpc) is 3.24. The van der Waals surface area contributed by atoms with Gasteiger partial charge in [0, 0.05) is 30.6 Å². The largest absolute Gasteiger partial charge is 0.433 e. The van der Waals surface area contributed by atoms with Gasteiger partial charge >= 0.3 is 6.18 Å². The quantitative estimate of drug-likeness (QED) is 0.565. The lowest BCUT2D eigenvalue weighted by molar-refractivity contribution is -0.143. The summed E-state index contributed by atoms with van der Waals surface area (Å²) in [5, 5.41) is 13.7. The average molecular weight is 386 g/mol. The van der Waals surface area contributed by atoms with Crippen LogP contribution in [0.5, 0.6) is 0 Å². The van der Waals surface area contributed by atoms with Gasteiger partial charge in [0.1, 0.15) is 11.3 Å². The molecule has 0 amide bonds. The second kappa shape index (κ2) is 6.49. The Labute approximate surface area is 158 Å². The van der Waals surface area contributed by atoms with Crippen molar-refractivity contribution >= 4 is 5.65 Å². The maximum atomic E-state index is 13.0. The highest BCUT2D eigenvalue weighted by Crippen LogP contribution is 2.32. The van der Waals surface area contributed by atoms with Gasteiger partial charge in [-0.2, -0.15) is 18.3 Å². The fourth-order valence-corrected chi connectivity index (χ4v) is 3.08. The first-order valence-corrected chi connectivity index (χ1v) is 8.61. The third-order valence-electron chi connectivity index (χ3n) is 4.61. The molecule has 3 heterocycles. The number of fused-ring (bicyclic) bond motifs is 1. The molecule has 28 heavy (non-hydrogen) atoms. The lowest BCUT2D eigenvalue weighted by atomic mass is 10.1. The number of imidazole rings is 1. The predicted molar refractivity (Wildman–Crippen MR) is 98.5 cm³/mol. The lowest BCUT2D eigenvalue weighted by Crippen LogP contribution is -2.11. The van der Waals surface area contributed by atoms with Gasteiger partial charge < -0.3 is 9.51 Å². The van der Waals surface area contributed by atoms with Crippen LogP contribution in [0, 0.1) is 0 Å². The zero-order chi connectivity index (χ0) is 20.1. The molecule has 0 saturated carbocycles. The SMILES string of the molecule is CC(O)c1ccn2cc(-c3ccc(-c4cc(C(F)(F)F)n(C)n4)cc3)nc2c1. The number of benzene rings is 1. The lowest BCUT2D eigenvalue weighted by Gasteiger charge is -2.04. The standard InChI is InChI=1S/C20H17F3N4O/c1-12(28)15-7-8-27-11-17(24-19(27)9-15)14-5-3-13(4-6-14)16-10-18(20(21,22)23)26(2)25-16/h3-12,28H,1-2H3. The minimum Gasteiger partial charge on any atom is -0.389 e. The number of halogens is 3. The van der Waals surface area contributed by atoms with E-state index in [1.54, 1.807) is 31.2 Å². The van der Waals surface area contributed by atoms with E-state index in [4.69, 9.17) is 0 Å². The summed E-state index contributed by atoms with van der Waals surface area (Å²) in [6.45, 7) is 1.69. The number of aliphatic hydroxyl groups is 1. The van der Waals surface area contributed by atoms with E-state index in [9.17, 15) is 18.3 Å². The Kier molecular flexibility index (Phi) is 4.23. The number of aromatic nitrogens is 4. The van der Waals surface area contributed by atoms with Crippen LogP contribution in [0.1, 0.15) is 24.3 Å². The van der Waals surface area contributed by atoms with Crippen LogP contribution >= 0.6 is 0 Å². The Morgan fingerprint density at radius 2 is 1.64 bits per heavy atom. The number of aryl methyl sites for hydroxylation is 1. The van der Waals surface area contributed by atoms with E-state index in [2.05, 4.69) is 10.1 Å². The first-order chi connectivity index (χ1) is 13.2. The highest BCUT2D eigenvalue weighted by molar-refractivity contribution is 5.68. The molecule has 1 unspecified atom stereocenters. The molecule has 1 N–H and O–H groups in total. The second-order valence-electron chi connectivity index (χ2n) is 6.64. The minimum atomic E-state index is -4.44. The van der Waals surface area contributed by atoms with E-state index in [1.807, 2.05) is 28.9 Å². The molecule has 4 rings (SSSR count). The van der Waals surface area contributed by atoms with Gasteiger partial charge in [-0.1, -0.05) is 24.3 Å². The Bertz CT molecular complexity index is 1140. The molecule has 0 fully saturated rings. The van der Waals surface area contributed by atoms with Gasteiger partial charge in [0.15, 0.2) is 0 Å². The molecule has 0 spiro atoms. The van der Waals surface area contributed by atoms with Crippen LogP contribution in [-0.4, -0.2) is 24.3 Å². The molecule has 5 nitrogen and oxygen atoms in total. The molecule has 144 valence electrons. The van der Waals surface area contributed by atoms with Crippen LogP contribution in [-0.2, 0) is 13.2 Å². The van der Waals surface area contributed by atoms with E-state index in [0.717, 1.165) is 27.6 Å². The van der Waals surface area contributed by atoms with Crippen LogP contribution in [0.2, 0.25) is 0 Å². The maximum absolute atomic E-state index is 13.0. The summed E-state index contributed by atoms with van der Waals surface area (Å²) in [6, 6.07) is 11.7. The Hall–Kier alpha value is -3.13. The van der Waals surface area contributed by atoms with Crippen molar-refractivity contribution in [3.8, 4) is 22.5 Å². The molecular formula is C20H17F3N4O. The van der Waals surface area contributed by atoms with Crippen molar-refractivity contribution in [2.24, 2.45) is 7.05 Å². The van der Waals surface area contributed by atoms with Crippen molar-refractivity contribution < 1.29 is 18.3 Å². The van der Waals surface area contributed by atoms with E-state index in [1.165, 1.54) is 7.05 Å². The van der Waals surface area contributed by atoms with Crippen LogP contribution in [0.25, 0.3) is 28.2 Å². The molecule has 0 aliphatic heterocycles. The van der Waals surface area contributed by atoms with Gasteiger partial charge in [-0.25, -0.2) is 4.98 Å². The first-order valence-electron chi connectivity index (χ1n) is 8.61. The van der Waals surface area contributed by atoms with Crippen molar-refractivity contribution in [3.05, 3.63) is 66.1 Å². The fourth-order valence-electron chi connectivity index (χ4n) is 3.08. The highest BCUT2D eigenvalue weighted by Gasteiger charge is 2.35. The molecule has 1 aromatic carbocycles. The zero-order valence-corrected chi connectivity index (χ0v) is 15.1. The number of nitrogens with zero attached hydrogens (tertiary/aromatic N) is 4. The molecular weight excluding hydrogens is 369 g/mol. The van der Waals surface area contributed by atoms with E-state index in [0.29, 0.717) is 11.2 Å². The van der Waals surface area contributed by atoms with Crippen molar-refractivity contribution in [2.75, 3.05) is 0 Å². The minimum absolute atomic E-state index is 0.262. The van der Waals surface area contributed by atoms with Crippen LogP contribution < -0.4 is 0 Å². The van der Waals surface area contributed by atoms with Gasteiger partial charge in [-0.3, -0.25) is 4.68 Å². The fraction of sp³-hybridized carbons (Fsp3) is 0.200. The summed E-state index contributed by atoms with van der Waals surface area (Å²) >= 11 is 0. The summed E-state index contributed by atoms with van der Waals surface area (Å²) in [5.74, 6) is 0. The molecule has 0 aliphatic rings. The molecule has 0 bridgehead atoms. The number of rotatable bonds is 3. The topological polar surface area (TPSA) is 55.4 Å². The van der Waals surface area contributed by atoms with Crippen LogP contribution in [0.15, 0.2) is 54.9 Å². The molecule has 4 aromatic rings. The van der Waals surface area contributed by atoms with Crippen molar-refractivity contribution in [3.63, 3.8) is 0 Å². The highest BCUT2D eigenvalue weighted by atomic mass is 19.4. The number of hydrogen-bond donors (Lipinski definition) is 1. The van der Waals surface area contributed by atoms with Gasteiger partial charge in [-0.05, 0) is 30.7 Å². The molecule has 0 radical (unpaired) electrons. The van der Waals surface area contributed by atoms with E-state index >= 15 is 0 Å². The molecule has 3 aromatic heterocycles. The van der Waals surface area contributed by atoms with Gasteiger partial charge in [-0.15, -0.1) is 0 Å². The molecule has 0 saturated heterocycles. The summed E-state index contributed by atoms with van der Waals surface area (Å²) in [7, 11) is 1.28. The van der Waals surface area contributed by atoms with Crippen molar-refractivity contribution in [1.29, 1.82) is 0 Å².